The van der Waals surface area contributed by atoms with E-state index in [2.05, 4.69) is 79.5 Å². The maximum absolute atomic E-state index is 4.64. The quantitative estimate of drug-likeness (QED) is 0.376. The molecule has 6 aromatic rings. The molecule has 0 saturated heterocycles. The molecule has 0 bridgehead atoms. The molecule has 0 amide bonds. The van der Waals surface area contributed by atoms with Gasteiger partial charge in [-0.3, -0.25) is 20.1 Å². The van der Waals surface area contributed by atoms with Gasteiger partial charge in [0.2, 0.25) is 0 Å². The molecule has 0 fully saturated rings. The normalized spacial score (nSPS) is 11.6. The lowest BCUT2D eigenvalue weighted by Gasteiger charge is -2.10. The fourth-order valence-corrected chi connectivity index (χ4v) is 4.41. The van der Waals surface area contributed by atoms with Crippen molar-refractivity contribution in [1.29, 1.82) is 0 Å². The summed E-state index contributed by atoms with van der Waals surface area (Å²) in [6.45, 7) is 0.850. The Kier molecular flexibility index (Phi) is 4.89. The van der Waals surface area contributed by atoms with Crippen molar-refractivity contribution in [2.45, 2.75) is 6.54 Å². The van der Waals surface area contributed by atoms with E-state index in [1.807, 2.05) is 43.0 Å². The van der Waals surface area contributed by atoms with Crippen molar-refractivity contribution in [3.8, 4) is 33.8 Å². The number of pyridine rings is 3. The van der Waals surface area contributed by atoms with Crippen molar-refractivity contribution in [2.24, 2.45) is 0 Å². The van der Waals surface area contributed by atoms with Gasteiger partial charge in [0.05, 0.1) is 16.9 Å². The lowest BCUT2D eigenvalue weighted by atomic mass is 10.0. The third-order valence-electron chi connectivity index (χ3n) is 5.93. The van der Waals surface area contributed by atoms with E-state index < -0.39 is 0 Å². The Morgan fingerprint density at radius 2 is 1.65 bits per heavy atom. The summed E-state index contributed by atoms with van der Waals surface area (Å²) in [5.41, 5.74) is 9.08. The van der Waals surface area contributed by atoms with E-state index in [0.29, 0.717) is 0 Å². The van der Waals surface area contributed by atoms with Crippen LogP contribution in [0.2, 0.25) is 0 Å². The van der Waals surface area contributed by atoms with E-state index in [9.17, 15) is 0 Å². The number of rotatable bonds is 5. The summed E-state index contributed by atoms with van der Waals surface area (Å²) < 4.78 is 0. The van der Waals surface area contributed by atoms with Gasteiger partial charge >= 0.3 is 0 Å². The van der Waals surface area contributed by atoms with Crippen molar-refractivity contribution >= 4 is 21.8 Å². The van der Waals surface area contributed by atoms with Gasteiger partial charge in [-0.15, -0.1) is 0 Å². The molecule has 6 rings (SSSR count). The number of fused-ring (bicyclic) bond motifs is 2. The minimum Gasteiger partial charge on any atom is -0.353 e. The van der Waals surface area contributed by atoms with Crippen molar-refractivity contribution in [2.75, 3.05) is 14.1 Å². The van der Waals surface area contributed by atoms with Crippen LogP contribution >= 0.6 is 0 Å². The van der Waals surface area contributed by atoms with Crippen LogP contribution in [0.4, 0.5) is 0 Å². The van der Waals surface area contributed by atoms with Crippen molar-refractivity contribution in [1.82, 2.24) is 35.0 Å². The molecule has 0 saturated carbocycles. The molecule has 34 heavy (non-hydrogen) atoms. The van der Waals surface area contributed by atoms with Crippen LogP contribution in [0.15, 0.2) is 79.5 Å². The summed E-state index contributed by atoms with van der Waals surface area (Å²) in [4.78, 5) is 19.0. The average molecular weight is 446 g/mol. The highest BCUT2D eigenvalue weighted by Crippen LogP contribution is 2.34. The van der Waals surface area contributed by atoms with E-state index in [1.54, 1.807) is 6.20 Å². The zero-order valence-electron chi connectivity index (χ0n) is 18.9. The van der Waals surface area contributed by atoms with Crippen LogP contribution in [-0.2, 0) is 6.54 Å². The van der Waals surface area contributed by atoms with Crippen molar-refractivity contribution in [3.05, 3.63) is 85.1 Å². The molecule has 7 heteroatoms. The highest BCUT2D eigenvalue weighted by molar-refractivity contribution is 6.00. The second-order valence-electron chi connectivity index (χ2n) is 8.70. The number of aromatic nitrogens is 6. The summed E-state index contributed by atoms with van der Waals surface area (Å²) in [5, 5.41) is 9.91. The topological polar surface area (TPSA) is 86.4 Å². The molecule has 166 valence electrons. The van der Waals surface area contributed by atoms with Gasteiger partial charge in [0, 0.05) is 64.9 Å². The SMILES string of the molecule is CN(C)Cc1cncc(-c2ccc3[nH]nc(-c4cc5c(-c6cccnc6)nccc5[nH]4)c3c2)c1. The number of aromatic amines is 2. The van der Waals surface area contributed by atoms with E-state index in [4.69, 9.17) is 0 Å². The van der Waals surface area contributed by atoms with Crippen LogP contribution in [0.25, 0.3) is 55.6 Å². The van der Waals surface area contributed by atoms with E-state index in [1.165, 1.54) is 5.56 Å². The van der Waals surface area contributed by atoms with Gasteiger partial charge in [-0.1, -0.05) is 6.07 Å². The molecule has 0 spiro atoms. The minimum absolute atomic E-state index is 0.850. The number of H-pyrrole nitrogens is 2. The first kappa shape index (κ1) is 20.3. The molecule has 5 heterocycles. The van der Waals surface area contributed by atoms with E-state index in [0.717, 1.165) is 62.1 Å². The number of hydrogen-bond donors (Lipinski definition) is 2. The van der Waals surface area contributed by atoms with Crippen molar-refractivity contribution in [3.63, 3.8) is 0 Å². The van der Waals surface area contributed by atoms with Gasteiger partial charge < -0.3 is 9.88 Å². The molecule has 0 unspecified atom stereocenters. The molecule has 5 aromatic heterocycles. The highest BCUT2D eigenvalue weighted by Gasteiger charge is 2.15. The second kappa shape index (κ2) is 8.20. The summed E-state index contributed by atoms with van der Waals surface area (Å²) in [7, 11) is 4.12. The summed E-state index contributed by atoms with van der Waals surface area (Å²) in [5.74, 6) is 0. The van der Waals surface area contributed by atoms with Gasteiger partial charge in [-0.25, -0.2) is 0 Å². The number of hydrogen-bond acceptors (Lipinski definition) is 5. The average Bonchev–Trinajstić information content (AvgIpc) is 3.48. The van der Waals surface area contributed by atoms with Crippen LogP contribution in [0.1, 0.15) is 5.56 Å². The molecule has 0 aliphatic heterocycles. The number of nitrogens with zero attached hydrogens (tertiary/aromatic N) is 5. The van der Waals surface area contributed by atoms with Crippen molar-refractivity contribution < 1.29 is 0 Å². The van der Waals surface area contributed by atoms with E-state index >= 15 is 0 Å². The Balaban J connectivity index is 1.45. The molecule has 0 atom stereocenters. The summed E-state index contributed by atoms with van der Waals surface area (Å²) in [6.07, 6.45) is 9.26. The van der Waals surface area contributed by atoms with Gasteiger partial charge in [0.25, 0.3) is 0 Å². The zero-order valence-corrected chi connectivity index (χ0v) is 18.9. The van der Waals surface area contributed by atoms with Gasteiger partial charge in [-0.05, 0) is 67.7 Å². The first-order chi connectivity index (χ1) is 16.7. The third-order valence-corrected chi connectivity index (χ3v) is 5.93. The van der Waals surface area contributed by atoms with Gasteiger partial charge in [0.15, 0.2) is 0 Å². The maximum Gasteiger partial charge on any atom is 0.116 e. The lowest BCUT2D eigenvalue weighted by molar-refractivity contribution is 0.402. The van der Waals surface area contributed by atoms with Crippen LogP contribution in [-0.4, -0.2) is 49.1 Å². The summed E-state index contributed by atoms with van der Waals surface area (Å²) in [6, 6.07) is 16.6. The smallest absolute Gasteiger partial charge is 0.116 e. The molecular weight excluding hydrogens is 422 g/mol. The molecule has 2 N–H and O–H groups in total. The molecule has 0 radical (unpaired) electrons. The lowest BCUT2D eigenvalue weighted by Crippen LogP contribution is -2.10. The van der Waals surface area contributed by atoms with Crippen LogP contribution in [0.3, 0.4) is 0 Å². The summed E-state index contributed by atoms with van der Waals surface area (Å²) >= 11 is 0. The monoisotopic (exact) mass is 445 g/mol. The Morgan fingerprint density at radius 3 is 2.50 bits per heavy atom. The van der Waals surface area contributed by atoms with Gasteiger partial charge in [0.1, 0.15) is 5.69 Å². The molecule has 7 nitrogen and oxygen atoms in total. The van der Waals surface area contributed by atoms with Crippen LogP contribution < -0.4 is 0 Å². The van der Waals surface area contributed by atoms with Crippen LogP contribution in [0.5, 0.6) is 0 Å². The Bertz CT molecular complexity index is 1610. The zero-order chi connectivity index (χ0) is 23.1. The predicted molar refractivity (Wildman–Crippen MR) is 135 cm³/mol. The number of benzene rings is 1. The molecular formula is C27H23N7. The predicted octanol–water partition coefficient (Wildman–Crippen LogP) is 5.29. The minimum atomic E-state index is 0.850. The maximum atomic E-state index is 4.64. The van der Waals surface area contributed by atoms with Crippen LogP contribution in [0, 0.1) is 0 Å². The second-order valence-corrected chi connectivity index (χ2v) is 8.70. The Morgan fingerprint density at radius 1 is 0.765 bits per heavy atom. The first-order valence-electron chi connectivity index (χ1n) is 11.1. The van der Waals surface area contributed by atoms with E-state index in [-0.39, 0.29) is 0 Å². The highest BCUT2D eigenvalue weighted by atomic mass is 15.1. The fraction of sp³-hybridized carbons (Fsp3) is 0.111. The Hall–Kier alpha value is -4.36. The Labute approximate surface area is 196 Å². The molecule has 0 aliphatic rings. The molecule has 0 aliphatic carbocycles. The standard InChI is InChI=1S/C27H23N7/c1-34(2)16-17-10-20(15-29-13-17)18-5-6-24-21(11-18)27(33-32-24)25-12-22-23(31-25)7-9-30-26(22)19-4-3-8-28-14-19/h3-15,31H,16H2,1-2H3,(H,32,33). The first-order valence-corrected chi connectivity index (χ1v) is 11.1. The largest absolute Gasteiger partial charge is 0.353 e. The van der Waals surface area contributed by atoms with Gasteiger partial charge in [-0.2, -0.15) is 5.10 Å². The fourth-order valence-electron chi connectivity index (χ4n) is 4.41. The third kappa shape index (κ3) is 3.62. The molecule has 1 aromatic carbocycles. The number of nitrogens with one attached hydrogen (secondary N) is 2.